The van der Waals surface area contributed by atoms with Crippen LogP contribution in [0.4, 0.5) is 0 Å². The number of hydrogen-bond acceptors (Lipinski definition) is 1. The maximum Gasteiger partial charge on any atom is 0.0267 e. The van der Waals surface area contributed by atoms with Crippen LogP contribution in [0.25, 0.3) is 0 Å². The van der Waals surface area contributed by atoms with E-state index in [1.54, 1.807) is 12.4 Å². The van der Waals surface area contributed by atoms with Crippen LogP contribution in [0.15, 0.2) is 43.2 Å². The Hall–Kier alpha value is -1.11. The first-order valence-corrected chi connectivity index (χ1v) is 5.37. The summed E-state index contributed by atoms with van der Waals surface area (Å²) in [6.45, 7) is 5.89. The van der Waals surface area contributed by atoms with E-state index in [1.807, 2.05) is 24.3 Å². The lowest BCUT2D eigenvalue weighted by molar-refractivity contribution is 0.675. The Labute approximate surface area is 87.9 Å². The van der Waals surface area contributed by atoms with Crippen molar-refractivity contribution < 1.29 is 0 Å². The third kappa shape index (κ3) is 10.9. The average Bonchev–Trinajstić information content (AvgIpc) is 2.28. The molecule has 0 aliphatic rings. The maximum absolute atomic E-state index is 3.78. The molecule has 0 aliphatic heterocycles. The quantitative estimate of drug-likeness (QED) is 0.501. The largest absolute Gasteiger partial charge is 0.265 e. The molecule has 0 N–H and O–H groups in total. The summed E-state index contributed by atoms with van der Waals surface area (Å²) in [4.78, 5) is 3.78. The predicted octanol–water partition coefficient (Wildman–Crippen LogP) is 4.22. The van der Waals surface area contributed by atoms with Crippen LogP contribution in [-0.4, -0.2) is 4.98 Å². The van der Waals surface area contributed by atoms with E-state index in [0.29, 0.717) is 0 Å². The van der Waals surface area contributed by atoms with Gasteiger partial charge in [0.2, 0.25) is 0 Å². The molecule has 1 rings (SSSR count). The van der Waals surface area contributed by atoms with E-state index in [1.165, 1.54) is 32.1 Å². The van der Waals surface area contributed by atoms with Crippen molar-refractivity contribution in [2.75, 3.05) is 0 Å². The highest BCUT2D eigenvalue weighted by atomic mass is 14.6. The highest BCUT2D eigenvalue weighted by molar-refractivity contribution is 4.88. The zero-order chi connectivity index (χ0) is 10.5. The molecule has 0 unspecified atom stereocenters. The normalized spacial score (nSPS) is 8.64. The molecular formula is C13H21N. The van der Waals surface area contributed by atoms with Crippen LogP contribution >= 0.6 is 0 Å². The molecule has 0 bridgehead atoms. The van der Waals surface area contributed by atoms with Crippen molar-refractivity contribution in [2.24, 2.45) is 0 Å². The summed E-state index contributed by atoms with van der Waals surface area (Å²) in [6.07, 6.45) is 12.1. The zero-order valence-corrected chi connectivity index (χ0v) is 9.15. The Morgan fingerprint density at radius 1 is 1.07 bits per heavy atom. The highest BCUT2D eigenvalue weighted by Gasteiger charge is 1.81. The molecule has 14 heavy (non-hydrogen) atoms. The molecule has 78 valence electrons. The number of hydrogen-bond donors (Lipinski definition) is 0. The summed E-state index contributed by atoms with van der Waals surface area (Å²) in [5.74, 6) is 0. The van der Waals surface area contributed by atoms with Crippen molar-refractivity contribution in [3.05, 3.63) is 43.2 Å². The topological polar surface area (TPSA) is 12.9 Å². The lowest BCUT2D eigenvalue weighted by atomic mass is 10.2. The first kappa shape index (κ1) is 12.9. The first-order chi connectivity index (χ1) is 6.91. The van der Waals surface area contributed by atoms with Crippen molar-refractivity contribution >= 4 is 0 Å². The summed E-state index contributed by atoms with van der Waals surface area (Å²) >= 11 is 0. The molecule has 0 atom stereocenters. The van der Waals surface area contributed by atoms with Gasteiger partial charge in [0.25, 0.3) is 0 Å². The minimum atomic E-state index is 1.19. The SMILES string of the molecule is C=CCCCCCC.c1ccncc1. The van der Waals surface area contributed by atoms with E-state index >= 15 is 0 Å². The molecule has 1 nitrogen and oxygen atoms in total. The second-order valence-electron chi connectivity index (χ2n) is 3.16. The first-order valence-electron chi connectivity index (χ1n) is 5.37. The van der Waals surface area contributed by atoms with Gasteiger partial charge in [-0.25, -0.2) is 0 Å². The zero-order valence-electron chi connectivity index (χ0n) is 9.15. The van der Waals surface area contributed by atoms with Crippen molar-refractivity contribution in [1.29, 1.82) is 0 Å². The van der Waals surface area contributed by atoms with Gasteiger partial charge in [0.05, 0.1) is 0 Å². The van der Waals surface area contributed by atoms with Crippen LogP contribution in [0, 0.1) is 0 Å². The highest BCUT2D eigenvalue weighted by Crippen LogP contribution is 2.01. The van der Waals surface area contributed by atoms with Gasteiger partial charge in [-0.1, -0.05) is 38.3 Å². The number of unbranched alkanes of at least 4 members (excludes halogenated alkanes) is 4. The molecule has 0 saturated heterocycles. The standard InChI is InChI=1S/C8H16.C5H5N/c1-3-5-7-8-6-4-2;1-2-4-6-5-3-1/h3H,1,4-8H2,2H3;1-5H. The molecular weight excluding hydrogens is 170 g/mol. The van der Waals surface area contributed by atoms with Gasteiger partial charge < -0.3 is 0 Å². The minimum absolute atomic E-state index is 1.19. The Bertz CT molecular complexity index is 167. The van der Waals surface area contributed by atoms with Gasteiger partial charge in [0.1, 0.15) is 0 Å². The van der Waals surface area contributed by atoms with Crippen molar-refractivity contribution in [3.8, 4) is 0 Å². The van der Waals surface area contributed by atoms with Crippen molar-refractivity contribution in [1.82, 2.24) is 4.98 Å². The molecule has 1 heteroatoms. The Morgan fingerprint density at radius 3 is 2.14 bits per heavy atom. The fourth-order valence-electron chi connectivity index (χ4n) is 1.03. The summed E-state index contributed by atoms with van der Waals surface area (Å²) in [5, 5.41) is 0. The molecule has 0 radical (unpaired) electrons. The van der Waals surface area contributed by atoms with E-state index in [-0.39, 0.29) is 0 Å². The van der Waals surface area contributed by atoms with Gasteiger partial charge in [-0.05, 0) is 25.0 Å². The number of nitrogens with zero attached hydrogens (tertiary/aromatic N) is 1. The smallest absolute Gasteiger partial charge is 0.0267 e. The number of aromatic nitrogens is 1. The van der Waals surface area contributed by atoms with Gasteiger partial charge in [0, 0.05) is 12.4 Å². The fourth-order valence-corrected chi connectivity index (χ4v) is 1.03. The van der Waals surface area contributed by atoms with E-state index in [2.05, 4.69) is 18.5 Å². The van der Waals surface area contributed by atoms with Crippen LogP contribution in [-0.2, 0) is 0 Å². The van der Waals surface area contributed by atoms with Crippen LogP contribution in [0.2, 0.25) is 0 Å². The van der Waals surface area contributed by atoms with Crippen LogP contribution < -0.4 is 0 Å². The minimum Gasteiger partial charge on any atom is -0.265 e. The van der Waals surface area contributed by atoms with Gasteiger partial charge in [-0.2, -0.15) is 0 Å². The summed E-state index contributed by atoms with van der Waals surface area (Å²) in [5.41, 5.74) is 0. The monoisotopic (exact) mass is 191 g/mol. The summed E-state index contributed by atoms with van der Waals surface area (Å²) < 4.78 is 0. The molecule has 0 aliphatic carbocycles. The average molecular weight is 191 g/mol. The lowest BCUT2D eigenvalue weighted by Crippen LogP contribution is -1.71. The van der Waals surface area contributed by atoms with E-state index < -0.39 is 0 Å². The van der Waals surface area contributed by atoms with Crippen LogP contribution in [0.3, 0.4) is 0 Å². The lowest BCUT2D eigenvalue weighted by Gasteiger charge is -1.91. The van der Waals surface area contributed by atoms with Gasteiger partial charge in [0.15, 0.2) is 0 Å². The van der Waals surface area contributed by atoms with Crippen LogP contribution in [0.5, 0.6) is 0 Å². The third-order valence-corrected chi connectivity index (χ3v) is 1.83. The fraction of sp³-hybridized carbons (Fsp3) is 0.462. The molecule has 1 heterocycles. The molecule has 0 aromatic carbocycles. The number of allylic oxidation sites excluding steroid dienone is 1. The maximum atomic E-state index is 3.78. The van der Waals surface area contributed by atoms with E-state index in [9.17, 15) is 0 Å². The number of pyridine rings is 1. The van der Waals surface area contributed by atoms with Gasteiger partial charge in [-0.15, -0.1) is 6.58 Å². The third-order valence-electron chi connectivity index (χ3n) is 1.83. The molecule has 0 spiro atoms. The summed E-state index contributed by atoms with van der Waals surface area (Å²) in [7, 11) is 0. The second kappa shape index (κ2) is 11.9. The molecule has 0 amide bonds. The molecule has 0 saturated carbocycles. The van der Waals surface area contributed by atoms with Crippen molar-refractivity contribution in [2.45, 2.75) is 39.0 Å². The number of rotatable bonds is 5. The second-order valence-corrected chi connectivity index (χ2v) is 3.16. The van der Waals surface area contributed by atoms with E-state index in [0.717, 1.165) is 0 Å². The van der Waals surface area contributed by atoms with Gasteiger partial charge in [-0.3, -0.25) is 4.98 Å². The Kier molecular flexibility index (Phi) is 10.9. The van der Waals surface area contributed by atoms with E-state index in [4.69, 9.17) is 0 Å². The summed E-state index contributed by atoms with van der Waals surface area (Å²) in [6, 6.07) is 5.72. The van der Waals surface area contributed by atoms with Crippen LogP contribution in [0.1, 0.15) is 39.0 Å². The molecule has 1 aromatic heterocycles. The van der Waals surface area contributed by atoms with Crippen molar-refractivity contribution in [3.63, 3.8) is 0 Å². The molecule has 1 aromatic rings. The predicted molar refractivity (Wildman–Crippen MR) is 63.2 cm³/mol. The Balaban J connectivity index is 0.000000249. The van der Waals surface area contributed by atoms with Gasteiger partial charge >= 0.3 is 0 Å². The Morgan fingerprint density at radius 2 is 1.79 bits per heavy atom. The molecule has 0 fully saturated rings.